The Labute approximate surface area is 156 Å². The van der Waals surface area contributed by atoms with Gasteiger partial charge in [-0.1, -0.05) is 18.2 Å². The fraction of sp³-hybridized carbons (Fsp3) is 0.250. The molecule has 0 radical (unpaired) electrons. The molecule has 7 nitrogen and oxygen atoms in total. The molecule has 27 heavy (non-hydrogen) atoms. The zero-order chi connectivity index (χ0) is 19.0. The molecule has 0 aliphatic carbocycles. The molecule has 1 atom stereocenters. The van der Waals surface area contributed by atoms with Crippen molar-refractivity contribution >= 4 is 34.2 Å². The number of carbonyl (C=O) groups is 2. The predicted octanol–water partition coefficient (Wildman–Crippen LogP) is 2.87. The highest BCUT2D eigenvalue weighted by molar-refractivity contribution is 6.07. The second-order valence-corrected chi connectivity index (χ2v) is 6.69. The number of hydrogen-bond donors (Lipinski definition) is 2. The minimum Gasteiger partial charge on any atom is -0.495 e. The van der Waals surface area contributed by atoms with Gasteiger partial charge in [0.15, 0.2) is 5.82 Å². The molecule has 1 aromatic heterocycles. The Morgan fingerprint density at radius 3 is 2.93 bits per heavy atom. The number of nitrogens with one attached hydrogen (secondary N) is 2. The molecule has 1 unspecified atom stereocenters. The molecule has 138 valence electrons. The van der Waals surface area contributed by atoms with Crippen LogP contribution < -0.4 is 15.0 Å². The van der Waals surface area contributed by atoms with Crippen LogP contribution in [0, 0.1) is 12.8 Å². The Hall–Kier alpha value is -3.35. The van der Waals surface area contributed by atoms with Crippen molar-refractivity contribution in [1.82, 2.24) is 10.2 Å². The minimum absolute atomic E-state index is 0.108. The highest BCUT2D eigenvalue weighted by Crippen LogP contribution is 2.31. The minimum atomic E-state index is -0.446. The van der Waals surface area contributed by atoms with Crippen molar-refractivity contribution < 1.29 is 14.3 Å². The second kappa shape index (κ2) is 6.75. The van der Waals surface area contributed by atoms with Gasteiger partial charge in [-0.05, 0) is 36.8 Å². The number of benzene rings is 2. The van der Waals surface area contributed by atoms with E-state index in [0.29, 0.717) is 23.8 Å². The number of para-hydroxylation sites is 1. The molecule has 2 heterocycles. The molecule has 1 aliphatic heterocycles. The monoisotopic (exact) mass is 364 g/mol. The first-order valence-corrected chi connectivity index (χ1v) is 8.76. The number of methoxy groups -OCH3 is 1. The van der Waals surface area contributed by atoms with Gasteiger partial charge in [0.1, 0.15) is 5.75 Å². The Balaban J connectivity index is 1.54. The number of aromatic nitrogens is 2. The Kier molecular flexibility index (Phi) is 4.27. The third-order valence-electron chi connectivity index (χ3n) is 4.81. The number of anilines is 2. The smallest absolute Gasteiger partial charge is 0.229 e. The lowest BCUT2D eigenvalue weighted by Gasteiger charge is -2.15. The van der Waals surface area contributed by atoms with Crippen LogP contribution in [0.3, 0.4) is 0 Å². The zero-order valence-corrected chi connectivity index (χ0v) is 15.2. The molecular weight excluding hydrogens is 344 g/mol. The number of amides is 2. The Morgan fingerprint density at radius 1 is 1.30 bits per heavy atom. The molecule has 2 amide bonds. The third kappa shape index (κ3) is 3.12. The normalized spacial score (nSPS) is 16.7. The molecule has 0 spiro atoms. The van der Waals surface area contributed by atoms with Gasteiger partial charge in [-0.25, -0.2) is 0 Å². The maximum absolute atomic E-state index is 12.7. The summed E-state index contributed by atoms with van der Waals surface area (Å²) in [6.07, 6.45) is 0.154. The van der Waals surface area contributed by atoms with Gasteiger partial charge in [-0.3, -0.25) is 19.6 Å². The largest absolute Gasteiger partial charge is 0.495 e. The number of fused-ring (bicyclic) bond motifs is 1. The van der Waals surface area contributed by atoms with Crippen molar-refractivity contribution in [2.75, 3.05) is 23.9 Å². The molecule has 2 aromatic carbocycles. The molecule has 1 fully saturated rings. The highest BCUT2D eigenvalue weighted by atomic mass is 16.5. The molecule has 1 aliphatic rings. The summed E-state index contributed by atoms with van der Waals surface area (Å²) < 4.78 is 5.31. The summed E-state index contributed by atoms with van der Waals surface area (Å²) in [5, 5.41) is 11.0. The van der Waals surface area contributed by atoms with Gasteiger partial charge in [0.05, 0.1) is 24.2 Å². The lowest BCUT2D eigenvalue weighted by atomic mass is 10.1. The maximum Gasteiger partial charge on any atom is 0.229 e. The molecule has 4 rings (SSSR count). The van der Waals surface area contributed by atoms with E-state index >= 15 is 0 Å². The van der Waals surface area contributed by atoms with Gasteiger partial charge in [-0.15, -0.1) is 0 Å². The van der Waals surface area contributed by atoms with Crippen molar-refractivity contribution in [1.29, 1.82) is 0 Å². The maximum atomic E-state index is 12.7. The molecule has 1 saturated heterocycles. The number of aromatic amines is 1. The van der Waals surface area contributed by atoms with Crippen molar-refractivity contribution in [2.45, 2.75) is 13.3 Å². The van der Waals surface area contributed by atoms with Crippen LogP contribution in [0.25, 0.3) is 10.9 Å². The number of ether oxygens (including phenoxy) is 1. The van der Waals surface area contributed by atoms with Crippen LogP contribution in [0.15, 0.2) is 42.5 Å². The molecule has 3 aromatic rings. The van der Waals surface area contributed by atoms with E-state index in [0.717, 1.165) is 16.5 Å². The number of aryl methyl sites for hydroxylation is 1. The number of rotatable bonds is 4. The van der Waals surface area contributed by atoms with E-state index in [1.165, 1.54) is 0 Å². The first-order valence-electron chi connectivity index (χ1n) is 8.76. The van der Waals surface area contributed by atoms with E-state index < -0.39 is 5.92 Å². The van der Waals surface area contributed by atoms with Crippen LogP contribution >= 0.6 is 0 Å². The number of nitrogens with zero attached hydrogens (tertiary/aromatic N) is 2. The summed E-state index contributed by atoms with van der Waals surface area (Å²) in [4.78, 5) is 26.9. The van der Waals surface area contributed by atoms with E-state index in [9.17, 15) is 9.59 Å². The van der Waals surface area contributed by atoms with Crippen molar-refractivity contribution in [2.24, 2.45) is 5.92 Å². The first-order chi connectivity index (χ1) is 13.1. The second-order valence-electron chi connectivity index (χ2n) is 6.69. The van der Waals surface area contributed by atoms with Crippen LogP contribution in [0.5, 0.6) is 5.75 Å². The Bertz CT molecular complexity index is 1030. The van der Waals surface area contributed by atoms with E-state index in [-0.39, 0.29) is 18.2 Å². The zero-order valence-electron chi connectivity index (χ0n) is 15.2. The molecule has 0 saturated carbocycles. The fourth-order valence-electron chi connectivity index (χ4n) is 3.40. The van der Waals surface area contributed by atoms with Gasteiger partial charge < -0.3 is 10.1 Å². The predicted molar refractivity (Wildman–Crippen MR) is 103 cm³/mol. The van der Waals surface area contributed by atoms with E-state index in [1.807, 2.05) is 49.4 Å². The first kappa shape index (κ1) is 17.1. The summed E-state index contributed by atoms with van der Waals surface area (Å²) in [6.45, 7) is 2.24. The summed E-state index contributed by atoms with van der Waals surface area (Å²) in [7, 11) is 1.56. The topological polar surface area (TPSA) is 87.3 Å². The molecule has 0 bridgehead atoms. The fourth-order valence-corrected chi connectivity index (χ4v) is 3.40. The summed E-state index contributed by atoms with van der Waals surface area (Å²) in [6, 6.07) is 13.2. The van der Waals surface area contributed by atoms with E-state index in [4.69, 9.17) is 4.74 Å². The Morgan fingerprint density at radius 2 is 2.11 bits per heavy atom. The van der Waals surface area contributed by atoms with Gasteiger partial charge in [0, 0.05) is 18.4 Å². The van der Waals surface area contributed by atoms with Gasteiger partial charge in [-0.2, -0.15) is 5.10 Å². The summed E-state index contributed by atoms with van der Waals surface area (Å²) in [5.41, 5.74) is 2.48. The van der Waals surface area contributed by atoms with Crippen LogP contribution in [-0.2, 0) is 9.59 Å². The van der Waals surface area contributed by atoms with Crippen LogP contribution in [0.2, 0.25) is 0 Å². The average molecular weight is 364 g/mol. The van der Waals surface area contributed by atoms with Crippen LogP contribution in [0.4, 0.5) is 11.5 Å². The molecule has 7 heteroatoms. The van der Waals surface area contributed by atoms with Crippen molar-refractivity contribution in [3.63, 3.8) is 0 Å². The standard InChI is InChI=1S/C20H20N4O3/c1-12-7-8-17(27-2)16(9-12)21-20(26)13-10-18(25)24(11-13)19-14-5-3-4-6-15(14)22-23-19/h3-9,13H,10-11H2,1-2H3,(H,21,26)(H,22,23). The average Bonchev–Trinajstić information content (AvgIpc) is 3.25. The number of carbonyl (C=O) groups excluding carboxylic acids is 2. The highest BCUT2D eigenvalue weighted by Gasteiger charge is 2.37. The molecule has 2 N–H and O–H groups in total. The van der Waals surface area contributed by atoms with Crippen molar-refractivity contribution in [3.8, 4) is 5.75 Å². The number of H-pyrrole nitrogens is 1. The van der Waals surface area contributed by atoms with Gasteiger partial charge in [0.2, 0.25) is 11.8 Å². The van der Waals surface area contributed by atoms with E-state index in [2.05, 4.69) is 15.5 Å². The third-order valence-corrected chi connectivity index (χ3v) is 4.81. The SMILES string of the molecule is COc1ccc(C)cc1NC(=O)C1CC(=O)N(c2n[nH]c3ccccc23)C1. The summed E-state index contributed by atoms with van der Waals surface area (Å²) in [5.74, 6) is 0.406. The lowest BCUT2D eigenvalue weighted by Crippen LogP contribution is -2.28. The quantitative estimate of drug-likeness (QED) is 0.745. The van der Waals surface area contributed by atoms with Crippen molar-refractivity contribution in [3.05, 3.63) is 48.0 Å². The van der Waals surface area contributed by atoms with Gasteiger partial charge in [0.25, 0.3) is 0 Å². The van der Waals surface area contributed by atoms with E-state index in [1.54, 1.807) is 12.0 Å². The lowest BCUT2D eigenvalue weighted by molar-refractivity contribution is -0.122. The van der Waals surface area contributed by atoms with Crippen LogP contribution in [0.1, 0.15) is 12.0 Å². The van der Waals surface area contributed by atoms with Crippen LogP contribution in [-0.4, -0.2) is 35.7 Å². The summed E-state index contributed by atoms with van der Waals surface area (Å²) >= 11 is 0. The molecular formula is C20H20N4O3. The number of hydrogen-bond acceptors (Lipinski definition) is 4. The van der Waals surface area contributed by atoms with Gasteiger partial charge >= 0.3 is 0 Å².